The standard InChI is InChI=1S/C16H23FN2/c1-13-10-18-16(7-2-3-8-16)12-19(13)11-14-5-4-6-15(17)9-14/h4-6,9,13,18H,2-3,7-8,10-12H2,1H3. The lowest BCUT2D eigenvalue weighted by atomic mass is 9.92. The molecule has 1 saturated heterocycles. The van der Waals surface area contributed by atoms with E-state index in [1.54, 1.807) is 6.07 Å². The smallest absolute Gasteiger partial charge is 0.123 e. The van der Waals surface area contributed by atoms with E-state index in [0.717, 1.165) is 25.2 Å². The number of hydrogen-bond donors (Lipinski definition) is 1. The van der Waals surface area contributed by atoms with Crippen LogP contribution in [-0.2, 0) is 6.54 Å². The fraction of sp³-hybridized carbons (Fsp3) is 0.625. The fourth-order valence-corrected chi connectivity index (χ4v) is 3.56. The van der Waals surface area contributed by atoms with Crippen molar-refractivity contribution < 1.29 is 4.39 Å². The van der Waals surface area contributed by atoms with Gasteiger partial charge in [-0.3, -0.25) is 4.90 Å². The molecule has 1 N–H and O–H groups in total. The zero-order valence-electron chi connectivity index (χ0n) is 11.7. The summed E-state index contributed by atoms with van der Waals surface area (Å²) in [7, 11) is 0. The lowest BCUT2D eigenvalue weighted by molar-refractivity contribution is 0.0826. The first-order chi connectivity index (χ1) is 9.17. The van der Waals surface area contributed by atoms with Crippen molar-refractivity contribution in [3.05, 3.63) is 35.6 Å². The number of rotatable bonds is 2. The van der Waals surface area contributed by atoms with Gasteiger partial charge in [0.15, 0.2) is 0 Å². The average molecular weight is 262 g/mol. The highest BCUT2D eigenvalue weighted by molar-refractivity contribution is 5.17. The third-order valence-corrected chi connectivity index (χ3v) is 4.74. The van der Waals surface area contributed by atoms with Gasteiger partial charge >= 0.3 is 0 Å². The van der Waals surface area contributed by atoms with Crippen molar-refractivity contribution in [2.75, 3.05) is 13.1 Å². The van der Waals surface area contributed by atoms with Crippen LogP contribution in [0.15, 0.2) is 24.3 Å². The summed E-state index contributed by atoms with van der Waals surface area (Å²) < 4.78 is 13.3. The molecule has 1 heterocycles. The molecular formula is C16H23FN2. The van der Waals surface area contributed by atoms with Gasteiger partial charge in [0.1, 0.15) is 5.82 Å². The van der Waals surface area contributed by atoms with E-state index in [2.05, 4.69) is 17.1 Å². The Labute approximate surface area is 115 Å². The van der Waals surface area contributed by atoms with E-state index in [0.29, 0.717) is 11.6 Å². The minimum absolute atomic E-state index is 0.129. The molecule has 2 aliphatic rings. The molecule has 3 heteroatoms. The SMILES string of the molecule is CC1CNC2(CCCC2)CN1Cc1cccc(F)c1. The van der Waals surface area contributed by atoms with Crippen molar-refractivity contribution in [2.24, 2.45) is 0 Å². The Balaban J connectivity index is 1.71. The van der Waals surface area contributed by atoms with Crippen molar-refractivity contribution in [1.29, 1.82) is 0 Å². The molecule has 2 fully saturated rings. The van der Waals surface area contributed by atoms with E-state index >= 15 is 0 Å². The van der Waals surface area contributed by atoms with E-state index in [4.69, 9.17) is 0 Å². The third kappa shape index (κ3) is 2.82. The summed E-state index contributed by atoms with van der Waals surface area (Å²) in [4.78, 5) is 2.51. The van der Waals surface area contributed by atoms with Gasteiger partial charge in [0, 0.05) is 31.2 Å². The summed E-state index contributed by atoms with van der Waals surface area (Å²) in [6.07, 6.45) is 5.27. The molecule has 0 amide bonds. The maximum absolute atomic E-state index is 13.3. The van der Waals surface area contributed by atoms with Crippen molar-refractivity contribution >= 4 is 0 Å². The van der Waals surface area contributed by atoms with E-state index in [-0.39, 0.29) is 5.82 Å². The monoisotopic (exact) mass is 262 g/mol. The molecule has 0 radical (unpaired) electrons. The Kier molecular flexibility index (Phi) is 3.59. The number of nitrogens with one attached hydrogen (secondary N) is 1. The van der Waals surface area contributed by atoms with Crippen LogP contribution in [0.25, 0.3) is 0 Å². The van der Waals surface area contributed by atoms with Gasteiger partial charge in [-0.1, -0.05) is 25.0 Å². The second-order valence-corrected chi connectivity index (χ2v) is 6.25. The van der Waals surface area contributed by atoms with Gasteiger partial charge in [-0.05, 0) is 37.5 Å². The molecule has 1 spiro atoms. The Morgan fingerprint density at radius 3 is 2.89 bits per heavy atom. The van der Waals surface area contributed by atoms with Crippen molar-refractivity contribution in [3.8, 4) is 0 Å². The summed E-state index contributed by atoms with van der Waals surface area (Å²) in [6, 6.07) is 7.54. The molecule has 1 atom stereocenters. The second-order valence-electron chi connectivity index (χ2n) is 6.25. The first-order valence-corrected chi connectivity index (χ1v) is 7.40. The average Bonchev–Trinajstić information content (AvgIpc) is 2.83. The molecule has 1 aromatic rings. The zero-order valence-corrected chi connectivity index (χ0v) is 11.7. The summed E-state index contributed by atoms with van der Waals surface area (Å²) in [5.74, 6) is -0.129. The molecule has 0 bridgehead atoms. The van der Waals surface area contributed by atoms with Gasteiger partial charge in [0.05, 0.1) is 0 Å². The molecule has 1 saturated carbocycles. The van der Waals surface area contributed by atoms with Crippen LogP contribution in [0.5, 0.6) is 0 Å². The largest absolute Gasteiger partial charge is 0.308 e. The van der Waals surface area contributed by atoms with E-state index in [9.17, 15) is 4.39 Å². The highest BCUT2D eigenvalue weighted by atomic mass is 19.1. The quantitative estimate of drug-likeness (QED) is 0.881. The van der Waals surface area contributed by atoms with Gasteiger partial charge in [-0.2, -0.15) is 0 Å². The highest BCUT2D eigenvalue weighted by Crippen LogP contribution is 2.33. The van der Waals surface area contributed by atoms with Crippen LogP contribution in [0.4, 0.5) is 4.39 Å². The van der Waals surface area contributed by atoms with E-state index in [1.807, 2.05) is 12.1 Å². The fourth-order valence-electron chi connectivity index (χ4n) is 3.56. The van der Waals surface area contributed by atoms with Crippen LogP contribution in [0.2, 0.25) is 0 Å². The van der Waals surface area contributed by atoms with E-state index < -0.39 is 0 Å². The summed E-state index contributed by atoms with van der Waals surface area (Å²) in [5, 5.41) is 3.76. The summed E-state index contributed by atoms with van der Waals surface area (Å²) in [5.41, 5.74) is 1.42. The minimum atomic E-state index is -0.129. The highest BCUT2D eigenvalue weighted by Gasteiger charge is 2.39. The van der Waals surface area contributed by atoms with Crippen LogP contribution in [0.3, 0.4) is 0 Å². The third-order valence-electron chi connectivity index (χ3n) is 4.74. The lowest BCUT2D eigenvalue weighted by Gasteiger charge is -2.45. The number of piperazine rings is 1. The predicted octanol–water partition coefficient (Wildman–Crippen LogP) is 2.93. The normalized spacial score (nSPS) is 26.9. The maximum Gasteiger partial charge on any atom is 0.123 e. The summed E-state index contributed by atoms with van der Waals surface area (Å²) in [6.45, 7) is 5.27. The molecule has 3 rings (SSSR count). The Morgan fingerprint density at radius 2 is 2.16 bits per heavy atom. The lowest BCUT2D eigenvalue weighted by Crippen LogP contribution is -2.62. The van der Waals surface area contributed by atoms with Gasteiger partial charge < -0.3 is 5.32 Å². The molecular weight excluding hydrogens is 239 g/mol. The number of nitrogens with zero attached hydrogens (tertiary/aromatic N) is 1. The van der Waals surface area contributed by atoms with Crippen molar-refractivity contribution in [3.63, 3.8) is 0 Å². The molecule has 1 aliphatic carbocycles. The maximum atomic E-state index is 13.3. The van der Waals surface area contributed by atoms with Gasteiger partial charge in [-0.25, -0.2) is 4.39 Å². The van der Waals surface area contributed by atoms with Gasteiger partial charge in [0.2, 0.25) is 0 Å². The molecule has 1 unspecified atom stereocenters. The van der Waals surface area contributed by atoms with Gasteiger partial charge in [-0.15, -0.1) is 0 Å². The summed E-state index contributed by atoms with van der Waals surface area (Å²) >= 11 is 0. The first-order valence-electron chi connectivity index (χ1n) is 7.40. The van der Waals surface area contributed by atoms with Gasteiger partial charge in [0.25, 0.3) is 0 Å². The molecule has 1 aliphatic heterocycles. The minimum Gasteiger partial charge on any atom is -0.308 e. The molecule has 0 aromatic heterocycles. The Morgan fingerprint density at radius 1 is 1.37 bits per heavy atom. The van der Waals surface area contributed by atoms with E-state index in [1.165, 1.54) is 31.7 Å². The van der Waals surface area contributed by atoms with Crippen LogP contribution in [0.1, 0.15) is 38.2 Å². The molecule has 104 valence electrons. The Bertz CT molecular complexity index is 440. The number of hydrogen-bond acceptors (Lipinski definition) is 2. The first kappa shape index (κ1) is 13.1. The van der Waals surface area contributed by atoms with Crippen molar-refractivity contribution in [2.45, 2.75) is 50.7 Å². The van der Waals surface area contributed by atoms with Crippen LogP contribution in [-0.4, -0.2) is 29.6 Å². The van der Waals surface area contributed by atoms with Crippen LogP contribution >= 0.6 is 0 Å². The van der Waals surface area contributed by atoms with Crippen molar-refractivity contribution in [1.82, 2.24) is 10.2 Å². The molecule has 2 nitrogen and oxygen atoms in total. The second kappa shape index (κ2) is 5.22. The molecule has 19 heavy (non-hydrogen) atoms. The number of halogens is 1. The Hall–Kier alpha value is -0.930. The topological polar surface area (TPSA) is 15.3 Å². The molecule has 1 aromatic carbocycles. The number of benzene rings is 1. The van der Waals surface area contributed by atoms with Crippen LogP contribution in [0, 0.1) is 5.82 Å². The zero-order chi connectivity index (χ0) is 13.3. The van der Waals surface area contributed by atoms with Crippen LogP contribution < -0.4 is 5.32 Å². The predicted molar refractivity (Wildman–Crippen MR) is 75.5 cm³/mol.